The quantitative estimate of drug-likeness (QED) is 0.588. The summed E-state index contributed by atoms with van der Waals surface area (Å²) in [7, 11) is 0. The van der Waals surface area contributed by atoms with Crippen molar-refractivity contribution in [3.05, 3.63) is 40.2 Å². The molecule has 1 aliphatic rings. The van der Waals surface area contributed by atoms with Gasteiger partial charge in [-0.15, -0.1) is 0 Å². The van der Waals surface area contributed by atoms with Crippen LogP contribution in [0.4, 0.5) is 0 Å². The first-order chi connectivity index (χ1) is 13.5. The van der Waals surface area contributed by atoms with Crippen LogP contribution in [-0.4, -0.2) is 59.6 Å². The average Bonchev–Trinajstić information content (AvgIpc) is 2.67. The van der Waals surface area contributed by atoms with Gasteiger partial charge >= 0.3 is 0 Å². The Hall–Kier alpha value is -2.34. The Morgan fingerprint density at radius 1 is 1.36 bits per heavy atom. The van der Waals surface area contributed by atoms with E-state index in [0.717, 1.165) is 19.6 Å². The molecule has 148 valence electrons. The first kappa shape index (κ1) is 20.4. The average molecular weight is 401 g/mol. The van der Waals surface area contributed by atoms with Gasteiger partial charge < -0.3 is 14.5 Å². The third-order valence-electron chi connectivity index (χ3n) is 4.51. The molecule has 0 spiro atoms. The molecule has 1 aromatic heterocycles. The summed E-state index contributed by atoms with van der Waals surface area (Å²) in [6.07, 6.45) is 2.24. The van der Waals surface area contributed by atoms with Gasteiger partial charge in [-0.1, -0.05) is 23.9 Å². The first-order valence-electron chi connectivity index (χ1n) is 9.20. The molecule has 0 aliphatic carbocycles. The number of nitriles is 1. The number of nitrogens with zero attached hydrogens (tertiary/aromatic N) is 3. The topological polar surface area (TPSA) is 91.2 Å². The van der Waals surface area contributed by atoms with E-state index in [1.165, 1.54) is 11.8 Å². The summed E-state index contributed by atoms with van der Waals surface area (Å²) in [5.41, 5.74) is 0.539. The van der Waals surface area contributed by atoms with Crippen LogP contribution in [0.25, 0.3) is 11.3 Å². The second-order valence-corrected chi connectivity index (χ2v) is 7.57. The van der Waals surface area contributed by atoms with Crippen LogP contribution in [0.1, 0.15) is 19.4 Å². The highest BCUT2D eigenvalue weighted by Crippen LogP contribution is 2.30. The lowest BCUT2D eigenvalue weighted by Crippen LogP contribution is -2.46. The minimum atomic E-state index is -0.442. The van der Waals surface area contributed by atoms with Crippen LogP contribution in [0.2, 0.25) is 0 Å². The fourth-order valence-electron chi connectivity index (χ4n) is 3.39. The number of rotatable bonds is 6. The van der Waals surface area contributed by atoms with Gasteiger partial charge in [0.05, 0.1) is 12.2 Å². The van der Waals surface area contributed by atoms with Crippen LogP contribution in [-0.2, 0) is 4.74 Å². The summed E-state index contributed by atoms with van der Waals surface area (Å²) < 4.78 is 11.8. The van der Waals surface area contributed by atoms with Gasteiger partial charge in [0.2, 0.25) is 0 Å². The van der Waals surface area contributed by atoms with E-state index in [0.29, 0.717) is 28.8 Å². The first-order valence-corrected chi connectivity index (χ1v) is 10.4. The molecule has 1 fully saturated rings. The Labute approximate surface area is 168 Å². The lowest BCUT2D eigenvalue weighted by atomic mass is 10.1. The van der Waals surface area contributed by atoms with E-state index >= 15 is 0 Å². The molecule has 2 aromatic rings. The molecule has 2 heterocycles. The molecule has 1 saturated heterocycles. The molecule has 1 N–H and O–H groups in total. The molecule has 0 saturated carbocycles. The number of hydrogen-bond acceptors (Lipinski definition) is 7. The lowest BCUT2D eigenvalue weighted by molar-refractivity contribution is -0.0699. The molecular formula is C20H24N4O3S. The summed E-state index contributed by atoms with van der Waals surface area (Å²) in [6, 6.07) is 9.33. The number of H-pyrrole nitrogens is 1. The van der Waals surface area contributed by atoms with E-state index in [9.17, 15) is 10.1 Å². The number of ether oxygens (including phenoxy) is 2. The Balaban J connectivity index is 1.80. The number of nitrogens with one attached hydrogen (secondary N) is 1. The van der Waals surface area contributed by atoms with Gasteiger partial charge in [0.1, 0.15) is 29.7 Å². The number of para-hydroxylation sites is 1. The molecule has 7 nitrogen and oxygen atoms in total. The molecule has 1 aliphatic heterocycles. The highest BCUT2D eigenvalue weighted by molar-refractivity contribution is 7.98. The van der Waals surface area contributed by atoms with Crippen LogP contribution in [0.15, 0.2) is 34.2 Å². The Bertz CT molecular complexity index is 914. The molecule has 3 rings (SSSR count). The van der Waals surface area contributed by atoms with E-state index in [1.54, 1.807) is 0 Å². The van der Waals surface area contributed by atoms with Gasteiger partial charge in [0.15, 0.2) is 5.16 Å². The summed E-state index contributed by atoms with van der Waals surface area (Å²) in [4.78, 5) is 21.6. The van der Waals surface area contributed by atoms with Gasteiger partial charge in [0, 0.05) is 25.2 Å². The summed E-state index contributed by atoms with van der Waals surface area (Å²) in [5.74, 6) is 0.610. The monoisotopic (exact) mass is 400 g/mol. The molecule has 8 heteroatoms. The number of thioether (sulfide) groups is 1. The minimum absolute atomic E-state index is 0.00956. The number of aromatic nitrogens is 2. The Kier molecular flexibility index (Phi) is 6.73. The Morgan fingerprint density at radius 3 is 2.75 bits per heavy atom. The van der Waals surface area contributed by atoms with E-state index < -0.39 is 5.56 Å². The minimum Gasteiger partial charge on any atom is -0.492 e. The number of benzene rings is 1. The molecule has 2 unspecified atom stereocenters. The molecule has 1 aromatic carbocycles. The molecular weight excluding hydrogens is 376 g/mol. The smallest absolute Gasteiger partial charge is 0.270 e. The summed E-state index contributed by atoms with van der Waals surface area (Å²) in [5, 5.41) is 9.90. The second-order valence-electron chi connectivity index (χ2n) is 6.77. The van der Waals surface area contributed by atoms with Gasteiger partial charge in [-0.05, 0) is 32.2 Å². The zero-order valence-corrected chi connectivity index (χ0v) is 17.1. The standard InChI is InChI=1S/C20H24N4O3S/c1-13-11-24(12-14(2)27-13)8-9-26-17-7-5-4-6-15(17)18-16(10-21)19(25)23-20(22-18)28-3/h4-7,13-14H,8-9,11-12H2,1-3H3,(H,22,23,25). The summed E-state index contributed by atoms with van der Waals surface area (Å²) in [6.45, 7) is 7.17. The van der Waals surface area contributed by atoms with Crippen molar-refractivity contribution in [2.45, 2.75) is 31.2 Å². The Morgan fingerprint density at radius 2 is 2.07 bits per heavy atom. The zero-order valence-electron chi connectivity index (χ0n) is 16.3. The normalized spacial score (nSPS) is 19.9. The van der Waals surface area contributed by atoms with Gasteiger partial charge in [0.25, 0.3) is 5.56 Å². The highest BCUT2D eigenvalue weighted by atomic mass is 32.2. The van der Waals surface area contributed by atoms with Crippen molar-refractivity contribution in [3.8, 4) is 23.1 Å². The second kappa shape index (κ2) is 9.24. The summed E-state index contributed by atoms with van der Waals surface area (Å²) >= 11 is 1.32. The van der Waals surface area contributed by atoms with E-state index in [4.69, 9.17) is 9.47 Å². The van der Waals surface area contributed by atoms with Gasteiger partial charge in [-0.2, -0.15) is 5.26 Å². The number of aromatic amines is 1. The highest BCUT2D eigenvalue weighted by Gasteiger charge is 2.22. The molecule has 0 amide bonds. The number of hydrogen-bond donors (Lipinski definition) is 1. The largest absolute Gasteiger partial charge is 0.492 e. The predicted octanol–water partition coefficient (Wildman–Crippen LogP) is 2.52. The number of morpholine rings is 1. The molecule has 0 bridgehead atoms. The van der Waals surface area contributed by atoms with E-state index in [-0.39, 0.29) is 17.8 Å². The molecule has 0 radical (unpaired) electrons. The van der Waals surface area contributed by atoms with Crippen LogP contribution < -0.4 is 10.3 Å². The zero-order chi connectivity index (χ0) is 20.1. The third kappa shape index (κ3) is 4.73. The van der Waals surface area contributed by atoms with Crippen molar-refractivity contribution in [2.75, 3.05) is 32.5 Å². The maximum atomic E-state index is 12.2. The lowest BCUT2D eigenvalue weighted by Gasteiger charge is -2.35. The van der Waals surface area contributed by atoms with Crippen LogP contribution in [0.3, 0.4) is 0 Å². The third-order valence-corrected chi connectivity index (χ3v) is 5.09. The van der Waals surface area contributed by atoms with Crippen molar-refractivity contribution in [1.29, 1.82) is 5.26 Å². The molecule has 2 atom stereocenters. The van der Waals surface area contributed by atoms with Gasteiger partial charge in [-0.25, -0.2) is 4.98 Å². The van der Waals surface area contributed by atoms with Crippen LogP contribution in [0, 0.1) is 11.3 Å². The van der Waals surface area contributed by atoms with Crippen LogP contribution >= 0.6 is 11.8 Å². The van der Waals surface area contributed by atoms with Crippen molar-refractivity contribution < 1.29 is 9.47 Å². The maximum Gasteiger partial charge on any atom is 0.270 e. The van der Waals surface area contributed by atoms with Crippen molar-refractivity contribution >= 4 is 11.8 Å². The van der Waals surface area contributed by atoms with Crippen molar-refractivity contribution in [3.63, 3.8) is 0 Å². The predicted molar refractivity (Wildman–Crippen MR) is 109 cm³/mol. The van der Waals surface area contributed by atoms with E-state index in [1.807, 2.05) is 36.6 Å². The molecule has 28 heavy (non-hydrogen) atoms. The fourth-order valence-corrected chi connectivity index (χ4v) is 3.76. The van der Waals surface area contributed by atoms with Gasteiger partial charge in [-0.3, -0.25) is 9.69 Å². The van der Waals surface area contributed by atoms with Crippen LogP contribution in [0.5, 0.6) is 5.75 Å². The van der Waals surface area contributed by atoms with Crippen molar-refractivity contribution in [2.24, 2.45) is 0 Å². The van der Waals surface area contributed by atoms with Crippen molar-refractivity contribution in [1.82, 2.24) is 14.9 Å². The fraction of sp³-hybridized carbons (Fsp3) is 0.450. The maximum absolute atomic E-state index is 12.2. The SMILES string of the molecule is CSc1nc(-c2ccccc2OCCN2CC(C)OC(C)C2)c(C#N)c(=O)[nH]1. The van der Waals surface area contributed by atoms with E-state index in [2.05, 4.69) is 28.7 Å².